The van der Waals surface area contributed by atoms with Crippen LogP contribution in [0.2, 0.25) is 0 Å². The molecule has 102 valence electrons. The smallest absolute Gasteiger partial charge is 0.0413 e. The lowest BCUT2D eigenvalue weighted by Crippen LogP contribution is -2.06. The number of hydrogen-bond acceptors (Lipinski definition) is 1. The van der Waals surface area contributed by atoms with Crippen LogP contribution in [0, 0.1) is 6.92 Å². The standard InChI is InChI=1S/C19H21N/c1-4-5-11-19(20-3)18-14-17(13-12-15(18)2)16-9-7-6-8-10-16/h4-14,20H,1-3H3/b5-4-,19-11-. The maximum absolute atomic E-state index is 3.28. The Hall–Kier alpha value is -2.28. The predicted molar refractivity (Wildman–Crippen MR) is 88.5 cm³/mol. The first-order valence-corrected chi connectivity index (χ1v) is 6.93. The molecule has 0 heterocycles. The van der Waals surface area contributed by atoms with Gasteiger partial charge in [-0.05, 0) is 42.7 Å². The van der Waals surface area contributed by atoms with E-state index in [9.17, 15) is 0 Å². The second-order valence-corrected chi connectivity index (χ2v) is 4.75. The van der Waals surface area contributed by atoms with Gasteiger partial charge in [-0.25, -0.2) is 0 Å². The van der Waals surface area contributed by atoms with Gasteiger partial charge in [-0.2, -0.15) is 0 Å². The molecule has 0 spiro atoms. The van der Waals surface area contributed by atoms with E-state index in [-0.39, 0.29) is 0 Å². The molecule has 0 atom stereocenters. The van der Waals surface area contributed by atoms with Crippen LogP contribution in [-0.2, 0) is 0 Å². The van der Waals surface area contributed by atoms with Crippen LogP contribution in [0.1, 0.15) is 18.1 Å². The molecular formula is C19H21N. The topological polar surface area (TPSA) is 12.0 Å². The van der Waals surface area contributed by atoms with Crippen LogP contribution >= 0.6 is 0 Å². The molecule has 1 N–H and O–H groups in total. The molecular weight excluding hydrogens is 242 g/mol. The summed E-state index contributed by atoms with van der Waals surface area (Å²) in [6.45, 7) is 4.17. The minimum absolute atomic E-state index is 1.14. The fraction of sp³-hybridized carbons (Fsp3) is 0.158. The van der Waals surface area contributed by atoms with Crippen molar-refractivity contribution < 1.29 is 0 Å². The molecule has 1 heteroatoms. The first-order valence-electron chi connectivity index (χ1n) is 6.93. The summed E-state index contributed by atoms with van der Waals surface area (Å²) in [5.41, 5.74) is 6.14. The normalized spacial score (nSPS) is 11.8. The summed E-state index contributed by atoms with van der Waals surface area (Å²) < 4.78 is 0. The van der Waals surface area contributed by atoms with Crippen molar-refractivity contribution in [3.05, 3.63) is 77.9 Å². The van der Waals surface area contributed by atoms with E-state index in [0.717, 1.165) is 5.70 Å². The molecule has 0 saturated carbocycles. The molecule has 0 fully saturated rings. The quantitative estimate of drug-likeness (QED) is 0.781. The van der Waals surface area contributed by atoms with Gasteiger partial charge in [0.15, 0.2) is 0 Å². The highest BCUT2D eigenvalue weighted by Crippen LogP contribution is 2.25. The molecule has 0 unspecified atom stereocenters. The summed E-state index contributed by atoms with van der Waals surface area (Å²) in [4.78, 5) is 0. The monoisotopic (exact) mass is 263 g/mol. The van der Waals surface area contributed by atoms with Crippen LogP contribution in [0.3, 0.4) is 0 Å². The van der Waals surface area contributed by atoms with Crippen molar-refractivity contribution >= 4 is 5.70 Å². The molecule has 0 aliphatic heterocycles. The average Bonchev–Trinajstić information content (AvgIpc) is 2.50. The Balaban J connectivity index is 2.49. The molecule has 0 amide bonds. The number of aryl methyl sites for hydroxylation is 1. The lowest BCUT2D eigenvalue weighted by Gasteiger charge is -2.12. The number of hydrogen-bond donors (Lipinski definition) is 1. The first-order chi connectivity index (χ1) is 9.76. The van der Waals surface area contributed by atoms with E-state index in [1.165, 1.54) is 22.3 Å². The van der Waals surface area contributed by atoms with E-state index in [0.29, 0.717) is 0 Å². The largest absolute Gasteiger partial charge is 0.388 e. The highest BCUT2D eigenvalue weighted by atomic mass is 14.8. The summed E-state index contributed by atoms with van der Waals surface area (Å²) in [7, 11) is 1.96. The molecule has 0 aliphatic rings. The molecule has 0 aromatic heterocycles. The van der Waals surface area contributed by atoms with Crippen molar-refractivity contribution in [2.45, 2.75) is 13.8 Å². The second-order valence-electron chi connectivity index (χ2n) is 4.75. The SMILES string of the molecule is C/C=C\C=C(/NC)c1cc(-c2ccccc2)ccc1C. The Kier molecular flexibility index (Phi) is 4.78. The van der Waals surface area contributed by atoms with Crippen molar-refractivity contribution in [1.82, 2.24) is 5.32 Å². The van der Waals surface area contributed by atoms with Gasteiger partial charge in [-0.15, -0.1) is 0 Å². The van der Waals surface area contributed by atoms with Gasteiger partial charge in [0, 0.05) is 18.3 Å². The van der Waals surface area contributed by atoms with Gasteiger partial charge in [-0.3, -0.25) is 0 Å². The molecule has 0 radical (unpaired) electrons. The maximum atomic E-state index is 3.28. The van der Waals surface area contributed by atoms with Gasteiger partial charge in [0.05, 0.1) is 0 Å². The van der Waals surface area contributed by atoms with Crippen molar-refractivity contribution in [2.24, 2.45) is 0 Å². The van der Waals surface area contributed by atoms with Crippen LogP contribution in [0.4, 0.5) is 0 Å². The third-order valence-electron chi connectivity index (χ3n) is 3.36. The zero-order chi connectivity index (χ0) is 14.4. The van der Waals surface area contributed by atoms with E-state index in [1.54, 1.807) is 0 Å². The maximum Gasteiger partial charge on any atom is 0.0413 e. The van der Waals surface area contributed by atoms with E-state index >= 15 is 0 Å². The third kappa shape index (κ3) is 3.18. The summed E-state index contributed by atoms with van der Waals surface area (Å²) >= 11 is 0. The van der Waals surface area contributed by atoms with Gasteiger partial charge in [0.1, 0.15) is 0 Å². The molecule has 0 bridgehead atoms. The van der Waals surface area contributed by atoms with Gasteiger partial charge in [0.25, 0.3) is 0 Å². The lowest BCUT2D eigenvalue weighted by atomic mass is 9.98. The zero-order valence-corrected chi connectivity index (χ0v) is 12.4. The lowest BCUT2D eigenvalue weighted by molar-refractivity contribution is 1.12. The van der Waals surface area contributed by atoms with E-state index < -0.39 is 0 Å². The molecule has 2 aromatic carbocycles. The number of allylic oxidation sites excluding steroid dienone is 3. The van der Waals surface area contributed by atoms with E-state index in [2.05, 4.69) is 66.9 Å². The number of benzene rings is 2. The molecule has 2 aromatic rings. The molecule has 20 heavy (non-hydrogen) atoms. The van der Waals surface area contributed by atoms with Crippen molar-refractivity contribution in [2.75, 3.05) is 7.05 Å². The number of nitrogens with one attached hydrogen (secondary N) is 1. The van der Waals surface area contributed by atoms with Gasteiger partial charge in [-0.1, -0.05) is 54.6 Å². The van der Waals surface area contributed by atoms with Gasteiger partial charge < -0.3 is 5.32 Å². The van der Waals surface area contributed by atoms with E-state index in [1.807, 2.05) is 26.1 Å². The number of rotatable bonds is 4. The third-order valence-corrected chi connectivity index (χ3v) is 3.36. The Morgan fingerprint density at radius 2 is 1.75 bits per heavy atom. The van der Waals surface area contributed by atoms with Crippen molar-refractivity contribution in [3.63, 3.8) is 0 Å². The van der Waals surface area contributed by atoms with Crippen LogP contribution in [-0.4, -0.2) is 7.05 Å². The van der Waals surface area contributed by atoms with Crippen molar-refractivity contribution in [3.8, 4) is 11.1 Å². The summed E-state index contributed by atoms with van der Waals surface area (Å²) in [6.07, 6.45) is 6.20. The zero-order valence-electron chi connectivity index (χ0n) is 12.4. The van der Waals surface area contributed by atoms with Crippen LogP contribution in [0.15, 0.2) is 66.8 Å². The fourth-order valence-corrected chi connectivity index (χ4v) is 2.22. The van der Waals surface area contributed by atoms with Crippen LogP contribution in [0.5, 0.6) is 0 Å². The highest BCUT2D eigenvalue weighted by Gasteiger charge is 2.05. The summed E-state index contributed by atoms with van der Waals surface area (Å²) in [5, 5.41) is 3.28. The predicted octanol–water partition coefficient (Wildman–Crippen LogP) is 4.80. The molecule has 0 aliphatic carbocycles. The Labute approximate surface area is 121 Å². The Morgan fingerprint density at radius 1 is 1.00 bits per heavy atom. The fourth-order valence-electron chi connectivity index (χ4n) is 2.22. The minimum atomic E-state index is 1.14. The molecule has 0 saturated heterocycles. The Bertz CT molecular complexity index is 621. The highest BCUT2D eigenvalue weighted by molar-refractivity contribution is 5.74. The van der Waals surface area contributed by atoms with Crippen LogP contribution in [0.25, 0.3) is 16.8 Å². The van der Waals surface area contributed by atoms with Gasteiger partial charge in [0.2, 0.25) is 0 Å². The minimum Gasteiger partial charge on any atom is -0.388 e. The average molecular weight is 263 g/mol. The van der Waals surface area contributed by atoms with Gasteiger partial charge >= 0.3 is 0 Å². The summed E-state index contributed by atoms with van der Waals surface area (Å²) in [6, 6.07) is 17.1. The van der Waals surface area contributed by atoms with E-state index in [4.69, 9.17) is 0 Å². The molecule has 2 rings (SSSR count). The van der Waals surface area contributed by atoms with Crippen LogP contribution < -0.4 is 5.32 Å². The summed E-state index contributed by atoms with van der Waals surface area (Å²) in [5.74, 6) is 0. The first kappa shape index (κ1) is 14.1. The molecule has 1 nitrogen and oxygen atoms in total. The second kappa shape index (κ2) is 6.76. The Morgan fingerprint density at radius 3 is 2.40 bits per heavy atom. The van der Waals surface area contributed by atoms with Crippen molar-refractivity contribution in [1.29, 1.82) is 0 Å².